The van der Waals surface area contributed by atoms with Crippen molar-refractivity contribution in [3.05, 3.63) is 46.1 Å². The van der Waals surface area contributed by atoms with Gasteiger partial charge in [-0.2, -0.15) is 4.98 Å². The summed E-state index contributed by atoms with van der Waals surface area (Å²) in [5, 5.41) is 17.1. The minimum Gasteiger partial charge on any atom is -0.405 e. The monoisotopic (exact) mass is 518 g/mol. The van der Waals surface area contributed by atoms with Crippen LogP contribution in [0.25, 0.3) is 0 Å². The van der Waals surface area contributed by atoms with Crippen LogP contribution in [-0.2, 0) is 16.6 Å². The van der Waals surface area contributed by atoms with Gasteiger partial charge >= 0.3 is 12.0 Å². The first-order chi connectivity index (χ1) is 16.4. The highest BCUT2D eigenvalue weighted by molar-refractivity contribution is 7.88. The summed E-state index contributed by atoms with van der Waals surface area (Å²) >= 11 is 0. The van der Waals surface area contributed by atoms with E-state index in [9.17, 15) is 31.7 Å². The Morgan fingerprint density at radius 3 is 2.49 bits per heavy atom. The van der Waals surface area contributed by atoms with Crippen LogP contribution >= 0.6 is 0 Å². The number of hydrogen-bond donors (Lipinski definition) is 3. The van der Waals surface area contributed by atoms with Crippen LogP contribution in [0.2, 0.25) is 0 Å². The van der Waals surface area contributed by atoms with E-state index in [2.05, 4.69) is 30.1 Å². The summed E-state index contributed by atoms with van der Waals surface area (Å²) in [5.74, 6) is -0.261. The fourth-order valence-electron chi connectivity index (χ4n) is 3.80. The average molecular weight is 519 g/mol. The minimum atomic E-state index is -4.85. The van der Waals surface area contributed by atoms with Crippen molar-refractivity contribution in [1.29, 1.82) is 0 Å². The number of anilines is 2. The van der Waals surface area contributed by atoms with Gasteiger partial charge in [0.1, 0.15) is 11.9 Å². The van der Waals surface area contributed by atoms with Crippen LogP contribution in [0.15, 0.2) is 30.5 Å². The Morgan fingerprint density at radius 1 is 1.17 bits per heavy atom. The number of rotatable bonds is 10. The molecule has 1 aliphatic carbocycles. The van der Waals surface area contributed by atoms with Crippen molar-refractivity contribution in [2.45, 2.75) is 44.6 Å². The Labute approximate surface area is 199 Å². The third kappa shape index (κ3) is 8.51. The van der Waals surface area contributed by atoms with E-state index in [4.69, 9.17) is 0 Å². The number of nitrogens with one attached hydrogen (secondary N) is 3. The quantitative estimate of drug-likeness (QED) is 0.318. The summed E-state index contributed by atoms with van der Waals surface area (Å²) in [6.07, 6.45) is 0.0253. The van der Waals surface area contributed by atoms with Crippen LogP contribution in [0.5, 0.6) is 5.75 Å². The molecule has 1 aliphatic rings. The first-order valence-electron chi connectivity index (χ1n) is 10.7. The predicted octanol–water partition coefficient (Wildman–Crippen LogP) is 3.42. The van der Waals surface area contributed by atoms with Gasteiger partial charge in [0, 0.05) is 24.7 Å². The normalized spacial score (nSPS) is 18.6. The molecule has 0 bridgehead atoms. The van der Waals surface area contributed by atoms with Gasteiger partial charge in [0.2, 0.25) is 21.8 Å². The molecular weight excluding hydrogens is 493 g/mol. The van der Waals surface area contributed by atoms with Gasteiger partial charge in [-0.25, -0.2) is 18.1 Å². The van der Waals surface area contributed by atoms with Crippen molar-refractivity contribution < 1.29 is 31.2 Å². The van der Waals surface area contributed by atoms with E-state index in [1.165, 1.54) is 18.2 Å². The number of alkyl halides is 3. The maximum Gasteiger partial charge on any atom is 0.573 e. The van der Waals surface area contributed by atoms with E-state index in [1.54, 1.807) is 6.07 Å². The Balaban J connectivity index is 1.63. The van der Waals surface area contributed by atoms with Gasteiger partial charge in [-0.1, -0.05) is 18.2 Å². The highest BCUT2D eigenvalue weighted by Gasteiger charge is 2.32. The standard InChI is InChI=1S/C20H25F3N6O5S/c1-35(32,33)28-15-8-6-13(7-9-15)10-24-18-16(29(30)31)12-26-19(27-18)25-11-14-4-2-3-5-17(14)34-20(21,22)23/h2-5,12-13,15,28H,6-11H2,1H3,(H2,24,25,26,27)/t13-,15-. The number of ether oxygens (including phenoxy) is 1. The van der Waals surface area contributed by atoms with Crippen molar-refractivity contribution in [1.82, 2.24) is 14.7 Å². The lowest BCUT2D eigenvalue weighted by Gasteiger charge is -2.28. The first-order valence-corrected chi connectivity index (χ1v) is 12.6. The zero-order valence-corrected chi connectivity index (χ0v) is 19.5. The van der Waals surface area contributed by atoms with Gasteiger partial charge in [-0.3, -0.25) is 10.1 Å². The number of nitrogens with zero attached hydrogens (tertiary/aromatic N) is 3. The van der Waals surface area contributed by atoms with E-state index < -0.39 is 21.3 Å². The second kappa shape index (κ2) is 11.0. The fraction of sp³-hybridized carbons (Fsp3) is 0.500. The lowest BCUT2D eigenvalue weighted by atomic mass is 9.86. The molecule has 0 spiro atoms. The third-order valence-electron chi connectivity index (χ3n) is 5.39. The molecule has 1 fully saturated rings. The summed E-state index contributed by atoms with van der Waals surface area (Å²) in [7, 11) is -3.28. The van der Waals surface area contributed by atoms with Crippen LogP contribution in [0.3, 0.4) is 0 Å². The molecule has 3 N–H and O–H groups in total. The van der Waals surface area contributed by atoms with Gasteiger partial charge in [-0.15, -0.1) is 13.2 Å². The average Bonchev–Trinajstić information content (AvgIpc) is 2.76. The first kappa shape index (κ1) is 26.4. The molecule has 1 saturated carbocycles. The van der Waals surface area contributed by atoms with E-state index in [0.717, 1.165) is 25.3 Å². The van der Waals surface area contributed by atoms with Crippen molar-refractivity contribution in [3.63, 3.8) is 0 Å². The topological polar surface area (TPSA) is 148 Å². The maximum absolute atomic E-state index is 12.6. The molecule has 2 aromatic rings. The molecular formula is C20H25F3N6O5S. The third-order valence-corrected chi connectivity index (χ3v) is 6.15. The molecule has 15 heteroatoms. The van der Waals surface area contributed by atoms with E-state index >= 15 is 0 Å². The largest absolute Gasteiger partial charge is 0.573 e. The van der Waals surface area contributed by atoms with E-state index in [1.807, 2.05) is 0 Å². The zero-order chi connectivity index (χ0) is 25.6. The van der Waals surface area contributed by atoms with Gasteiger partial charge in [-0.05, 0) is 37.7 Å². The highest BCUT2D eigenvalue weighted by Crippen LogP contribution is 2.29. The summed E-state index contributed by atoms with van der Waals surface area (Å²) < 4.78 is 67.2. The van der Waals surface area contributed by atoms with Crippen molar-refractivity contribution >= 4 is 27.5 Å². The second-order valence-corrected chi connectivity index (χ2v) is 9.96. The molecule has 11 nitrogen and oxygen atoms in total. The van der Waals surface area contributed by atoms with E-state index in [-0.39, 0.29) is 47.3 Å². The molecule has 0 radical (unpaired) electrons. The Morgan fingerprint density at radius 2 is 1.86 bits per heavy atom. The van der Waals surface area contributed by atoms with Gasteiger partial charge in [0.15, 0.2) is 0 Å². The molecule has 1 heterocycles. The van der Waals surface area contributed by atoms with Crippen molar-refractivity contribution in [2.75, 3.05) is 23.4 Å². The smallest absolute Gasteiger partial charge is 0.405 e. The second-order valence-electron chi connectivity index (χ2n) is 8.18. The maximum atomic E-state index is 12.6. The molecule has 3 rings (SSSR count). The van der Waals surface area contributed by atoms with Gasteiger partial charge in [0.25, 0.3) is 0 Å². The van der Waals surface area contributed by atoms with Crippen LogP contribution in [0.4, 0.5) is 30.6 Å². The zero-order valence-electron chi connectivity index (χ0n) is 18.7. The SMILES string of the molecule is CS(=O)(=O)N[C@H]1CC[C@H](CNc2nc(NCc3ccccc3OC(F)(F)F)ncc2[N+](=O)[O-])CC1. The number of benzene rings is 1. The Hall–Kier alpha value is -3.20. The number of nitro groups is 1. The van der Waals surface area contributed by atoms with Gasteiger partial charge < -0.3 is 15.4 Å². The number of halogens is 3. The fourth-order valence-corrected chi connectivity index (χ4v) is 4.64. The molecule has 1 aromatic heterocycles. The minimum absolute atomic E-state index is 0.0130. The Kier molecular flexibility index (Phi) is 8.32. The summed E-state index contributed by atoms with van der Waals surface area (Å²) in [6.45, 7) is 0.270. The lowest BCUT2D eigenvalue weighted by Crippen LogP contribution is -2.37. The summed E-state index contributed by atoms with van der Waals surface area (Å²) in [5.41, 5.74) is -0.149. The molecule has 0 unspecified atom stereocenters. The predicted molar refractivity (Wildman–Crippen MR) is 121 cm³/mol. The van der Waals surface area contributed by atoms with Crippen molar-refractivity contribution in [3.8, 4) is 5.75 Å². The van der Waals surface area contributed by atoms with Crippen LogP contribution in [0.1, 0.15) is 31.2 Å². The highest BCUT2D eigenvalue weighted by atomic mass is 32.2. The Bertz CT molecular complexity index is 1140. The van der Waals surface area contributed by atoms with Crippen LogP contribution in [0, 0.1) is 16.0 Å². The van der Waals surface area contributed by atoms with Crippen LogP contribution < -0.4 is 20.1 Å². The van der Waals surface area contributed by atoms with Crippen LogP contribution in [-0.4, -0.2) is 48.5 Å². The summed E-state index contributed by atoms with van der Waals surface area (Å²) in [4.78, 5) is 18.8. The molecule has 35 heavy (non-hydrogen) atoms. The van der Waals surface area contributed by atoms with E-state index in [0.29, 0.717) is 19.4 Å². The van der Waals surface area contributed by atoms with Crippen molar-refractivity contribution in [2.24, 2.45) is 5.92 Å². The molecule has 192 valence electrons. The van der Waals surface area contributed by atoms with Gasteiger partial charge in [0.05, 0.1) is 11.2 Å². The molecule has 0 amide bonds. The number of sulfonamides is 1. The molecule has 0 atom stereocenters. The summed E-state index contributed by atoms with van der Waals surface area (Å²) in [6, 6.07) is 5.43. The molecule has 0 saturated heterocycles. The molecule has 1 aromatic carbocycles. The number of para-hydroxylation sites is 1. The molecule has 0 aliphatic heterocycles. The number of aromatic nitrogens is 2. The lowest BCUT2D eigenvalue weighted by molar-refractivity contribution is -0.384. The number of hydrogen-bond acceptors (Lipinski definition) is 9.